The van der Waals surface area contributed by atoms with E-state index in [1.165, 1.54) is 34.4 Å². The molecule has 0 saturated heterocycles. The Hall–Kier alpha value is -2.76. The molecule has 1 heterocycles. The Morgan fingerprint density at radius 1 is 1.31 bits per heavy atom. The van der Waals surface area contributed by atoms with Crippen LogP contribution in [0.4, 0.5) is 15.1 Å². The number of carbonyl (C=O) groups excluding carboxylic acids is 2. The van der Waals surface area contributed by atoms with Crippen molar-refractivity contribution >= 4 is 33.8 Å². The molecular formula is C21H23FN4O2S. The number of hydrogen-bond donors (Lipinski definition) is 2. The molecule has 1 atom stereocenters. The number of hydrogen-bond acceptors (Lipinski definition) is 5. The van der Waals surface area contributed by atoms with E-state index in [4.69, 9.17) is 0 Å². The smallest absolute Gasteiger partial charge is 0.239 e. The van der Waals surface area contributed by atoms with Crippen LogP contribution in [0.2, 0.25) is 0 Å². The maximum Gasteiger partial charge on any atom is 0.239 e. The van der Waals surface area contributed by atoms with Crippen molar-refractivity contribution in [3.8, 4) is 6.07 Å². The van der Waals surface area contributed by atoms with Gasteiger partial charge < -0.3 is 10.6 Å². The minimum atomic E-state index is -0.433. The van der Waals surface area contributed by atoms with Gasteiger partial charge in [0, 0.05) is 10.6 Å². The molecule has 6 nitrogen and oxygen atoms in total. The molecule has 0 bridgehead atoms. The first-order chi connectivity index (χ1) is 13.9. The van der Waals surface area contributed by atoms with Crippen molar-refractivity contribution in [1.82, 2.24) is 4.90 Å². The van der Waals surface area contributed by atoms with E-state index in [1.807, 2.05) is 0 Å². The van der Waals surface area contributed by atoms with Crippen molar-refractivity contribution in [2.75, 3.05) is 30.8 Å². The normalized spacial score (nSPS) is 15.5. The molecule has 2 N–H and O–H groups in total. The van der Waals surface area contributed by atoms with Crippen LogP contribution < -0.4 is 10.6 Å². The lowest BCUT2D eigenvalue weighted by molar-refractivity contribution is -0.119. The van der Waals surface area contributed by atoms with Gasteiger partial charge in [-0.25, -0.2) is 4.39 Å². The monoisotopic (exact) mass is 414 g/mol. The zero-order valence-corrected chi connectivity index (χ0v) is 17.2. The highest BCUT2D eigenvalue weighted by Crippen LogP contribution is 2.39. The Morgan fingerprint density at radius 3 is 2.72 bits per heavy atom. The van der Waals surface area contributed by atoms with Crippen LogP contribution in [0.1, 0.15) is 29.3 Å². The van der Waals surface area contributed by atoms with Crippen LogP contribution in [-0.2, 0) is 22.4 Å². The van der Waals surface area contributed by atoms with E-state index >= 15 is 0 Å². The lowest BCUT2D eigenvalue weighted by atomic mass is 9.89. The minimum absolute atomic E-state index is 0.000406. The topological polar surface area (TPSA) is 85.2 Å². The predicted octanol–water partition coefficient (Wildman–Crippen LogP) is 3.39. The van der Waals surface area contributed by atoms with E-state index in [2.05, 4.69) is 23.6 Å². The lowest BCUT2D eigenvalue weighted by Gasteiger charge is -2.17. The number of halogens is 1. The molecule has 1 aromatic heterocycles. The Kier molecular flexibility index (Phi) is 6.62. The summed E-state index contributed by atoms with van der Waals surface area (Å²) in [6.45, 7) is 2.17. The first-order valence-electron chi connectivity index (χ1n) is 9.44. The third-order valence-corrected chi connectivity index (χ3v) is 5.98. The highest BCUT2D eigenvalue weighted by molar-refractivity contribution is 7.16. The second kappa shape index (κ2) is 9.16. The second-order valence-corrected chi connectivity index (χ2v) is 8.55. The molecule has 0 fully saturated rings. The second-order valence-electron chi connectivity index (χ2n) is 7.45. The zero-order valence-electron chi connectivity index (χ0n) is 16.4. The van der Waals surface area contributed by atoms with Gasteiger partial charge in [-0.3, -0.25) is 14.5 Å². The summed E-state index contributed by atoms with van der Waals surface area (Å²) in [6.07, 6.45) is 2.85. The summed E-state index contributed by atoms with van der Waals surface area (Å²) in [7, 11) is 1.65. The Balaban J connectivity index is 1.55. The van der Waals surface area contributed by atoms with Gasteiger partial charge in [-0.2, -0.15) is 5.26 Å². The molecule has 29 heavy (non-hydrogen) atoms. The number of rotatable bonds is 6. The number of benzene rings is 1. The largest absolute Gasteiger partial charge is 0.325 e. The van der Waals surface area contributed by atoms with Crippen molar-refractivity contribution < 1.29 is 14.0 Å². The van der Waals surface area contributed by atoms with Crippen LogP contribution in [0.15, 0.2) is 24.3 Å². The average Bonchev–Trinajstić information content (AvgIpc) is 2.96. The molecule has 1 aromatic carbocycles. The van der Waals surface area contributed by atoms with E-state index in [0.29, 0.717) is 22.2 Å². The lowest BCUT2D eigenvalue weighted by Crippen LogP contribution is -2.36. The molecule has 8 heteroatoms. The zero-order chi connectivity index (χ0) is 21.0. The molecule has 2 aromatic rings. The molecule has 1 aliphatic carbocycles. The molecule has 152 valence electrons. The number of nitrogens with one attached hydrogen (secondary N) is 2. The number of fused-ring (bicyclic) bond motifs is 1. The van der Waals surface area contributed by atoms with Crippen LogP contribution in [0.3, 0.4) is 0 Å². The number of thiophene rings is 1. The van der Waals surface area contributed by atoms with Gasteiger partial charge in [-0.1, -0.05) is 13.0 Å². The SMILES string of the molecule is CC1CCc2c(sc(NC(=O)CN(C)CC(=O)Nc3cccc(F)c3)c2C#N)C1. The summed E-state index contributed by atoms with van der Waals surface area (Å²) in [5.41, 5.74) is 2.00. The van der Waals surface area contributed by atoms with Gasteiger partial charge in [0.25, 0.3) is 0 Å². The maximum atomic E-state index is 13.2. The van der Waals surface area contributed by atoms with Crippen LogP contribution in [0.25, 0.3) is 0 Å². The fraction of sp³-hybridized carbons (Fsp3) is 0.381. The number of nitriles is 1. The quantitative estimate of drug-likeness (QED) is 0.759. The molecule has 1 aliphatic rings. The molecule has 0 saturated carbocycles. The van der Waals surface area contributed by atoms with Crippen LogP contribution in [0, 0.1) is 23.1 Å². The molecule has 1 unspecified atom stereocenters. The Labute approximate surface area is 173 Å². The van der Waals surface area contributed by atoms with Crippen molar-refractivity contribution in [2.45, 2.75) is 26.2 Å². The third kappa shape index (κ3) is 5.40. The van der Waals surface area contributed by atoms with Gasteiger partial charge in [-0.05, 0) is 56.0 Å². The van der Waals surface area contributed by atoms with Gasteiger partial charge in [0.1, 0.15) is 16.9 Å². The van der Waals surface area contributed by atoms with Crippen LogP contribution in [-0.4, -0.2) is 36.9 Å². The third-order valence-electron chi connectivity index (χ3n) is 4.81. The molecule has 0 aliphatic heterocycles. The fourth-order valence-electron chi connectivity index (χ4n) is 3.44. The predicted molar refractivity (Wildman–Crippen MR) is 111 cm³/mol. The Bertz CT molecular complexity index is 966. The first-order valence-corrected chi connectivity index (χ1v) is 10.3. The number of carbonyl (C=O) groups is 2. The molecule has 2 amide bonds. The van der Waals surface area contributed by atoms with Gasteiger partial charge >= 0.3 is 0 Å². The highest BCUT2D eigenvalue weighted by atomic mass is 32.1. The summed E-state index contributed by atoms with van der Waals surface area (Å²) in [6, 6.07) is 7.86. The minimum Gasteiger partial charge on any atom is -0.325 e. The van der Waals surface area contributed by atoms with E-state index in [1.54, 1.807) is 18.0 Å². The summed E-state index contributed by atoms with van der Waals surface area (Å²) in [5, 5.41) is 15.5. The van der Waals surface area contributed by atoms with Crippen molar-refractivity contribution in [3.63, 3.8) is 0 Å². The summed E-state index contributed by atoms with van der Waals surface area (Å²) < 4.78 is 13.2. The average molecular weight is 415 g/mol. The molecule has 0 radical (unpaired) electrons. The van der Waals surface area contributed by atoms with Crippen LogP contribution in [0.5, 0.6) is 0 Å². The maximum absolute atomic E-state index is 13.2. The summed E-state index contributed by atoms with van der Waals surface area (Å²) >= 11 is 1.47. The molecule has 3 rings (SSSR count). The standard InChI is InChI=1S/C21H23FN4O2S/c1-13-6-7-16-17(10-23)21(29-18(16)8-13)25-20(28)12-26(2)11-19(27)24-15-5-3-4-14(22)9-15/h3-5,9,13H,6-8,11-12H2,1-2H3,(H,24,27)(H,25,28). The van der Waals surface area contributed by atoms with Crippen molar-refractivity contribution in [2.24, 2.45) is 5.92 Å². The number of likely N-dealkylation sites (N-methyl/N-ethyl adjacent to an activating group) is 1. The van der Waals surface area contributed by atoms with Gasteiger partial charge in [0.15, 0.2) is 0 Å². The van der Waals surface area contributed by atoms with E-state index in [-0.39, 0.29) is 24.9 Å². The molecular weight excluding hydrogens is 391 g/mol. The van der Waals surface area contributed by atoms with Gasteiger partial charge in [0.2, 0.25) is 11.8 Å². The van der Waals surface area contributed by atoms with Crippen LogP contribution >= 0.6 is 11.3 Å². The molecule has 0 spiro atoms. The van der Waals surface area contributed by atoms with E-state index < -0.39 is 5.82 Å². The summed E-state index contributed by atoms with van der Waals surface area (Å²) in [5.74, 6) is -0.478. The number of nitrogens with zero attached hydrogens (tertiary/aromatic N) is 2. The van der Waals surface area contributed by atoms with E-state index in [9.17, 15) is 19.2 Å². The fourth-order valence-corrected chi connectivity index (χ4v) is 4.81. The van der Waals surface area contributed by atoms with Gasteiger partial charge in [-0.15, -0.1) is 11.3 Å². The number of anilines is 2. The van der Waals surface area contributed by atoms with Crippen molar-refractivity contribution in [1.29, 1.82) is 5.26 Å². The highest BCUT2D eigenvalue weighted by Gasteiger charge is 2.25. The Morgan fingerprint density at radius 2 is 2.03 bits per heavy atom. The summed E-state index contributed by atoms with van der Waals surface area (Å²) in [4.78, 5) is 27.2. The number of amides is 2. The van der Waals surface area contributed by atoms with Gasteiger partial charge in [0.05, 0.1) is 18.7 Å². The van der Waals surface area contributed by atoms with Crippen molar-refractivity contribution in [3.05, 3.63) is 46.1 Å². The van der Waals surface area contributed by atoms with E-state index in [0.717, 1.165) is 24.8 Å². The first kappa shape index (κ1) is 21.0.